The van der Waals surface area contributed by atoms with Crippen molar-refractivity contribution < 1.29 is 9.13 Å². The highest BCUT2D eigenvalue weighted by Crippen LogP contribution is 2.40. The Bertz CT molecular complexity index is 980. The number of hydrogen-bond acceptors (Lipinski definition) is 4. The summed E-state index contributed by atoms with van der Waals surface area (Å²) in [5.41, 5.74) is 1.55. The summed E-state index contributed by atoms with van der Waals surface area (Å²) < 4.78 is 22.6. The van der Waals surface area contributed by atoms with Crippen LogP contribution in [0.2, 0.25) is 5.02 Å². The van der Waals surface area contributed by atoms with E-state index in [-0.39, 0.29) is 17.9 Å². The van der Waals surface area contributed by atoms with Crippen molar-refractivity contribution >= 4 is 33.5 Å². The van der Waals surface area contributed by atoms with E-state index in [4.69, 9.17) is 16.3 Å². The third-order valence-electron chi connectivity index (χ3n) is 4.61. The highest BCUT2D eigenvalue weighted by atomic mass is 79.9. The number of benzene rings is 2. The van der Waals surface area contributed by atoms with Gasteiger partial charge >= 0.3 is 0 Å². The van der Waals surface area contributed by atoms with E-state index in [0.717, 1.165) is 10.0 Å². The van der Waals surface area contributed by atoms with Crippen molar-refractivity contribution in [2.75, 3.05) is 11.9 Å². The predicted molar refractivity (Wildman–Crippen MR) is 106 cm³/mol. The van der Waals surface area contributed by atoms with Gasteiger partial charge in [0.25, 0.3) is 0 Å². The predicted octanol–water partition coefficient (Wildman–Crippen LogP) is 5.38. The lowest BCUT2D eigenvalue weighted by atomic mass is 9.93. The van der Waals surface area contributed by atoms with Crippen molar-refractivity contribution in [2.24, 2.45) is 0 Å². The maximum atomic E-state index is 14.5. The largest absolute Gasteiger partial charge is 0.492 e. The first kappa shape index (κ1) is 18.3. The molecule has 8 heteroatoms. The summed E-state index contributed by atoms with van der Waals surface area (Å²) in [6.07, 6.45) is 2.08. The first-order chi connectivity index (χ1) is 13.1. The number of halogens is 3. The molecule has 1 aliphatic rings. The fourth-order valence-electron chi connectivity index (χ4n) is 3.37. The summed E-state index contributed by atoms with van der Waals surface area (Å²) in [7, 11) is 0. The zero-order valence-electron chi connectivity index (χ0n) is 14.5. The maximum Gasteiger partial charge on any atom is 0.222 e. The van der Waals surface area contributed by atoms with E-state index < -0.39 is 0 Å². The minimum Gasteiger partial charge on any atom is -0.492 e. The van der Waals surface area contributed by atoms with Crippen molar-refractivity contribution in [3.05, 3.63) is 69.2 Å². The smallest absolute Gasteiger partial charge is 0.222 e. The van der Waals surface area contributed by atoms with Gasteiger partial charge in [0.1, 0.15) is 17.9 Å². The van der Waals surface area contributed by atoms with E-state index in [0.29, 0.717) is 35.3 Å². The number of ether oxygens (including phenoxy) is 1. The normalized spacial score (nSPS) is 18.7. The van der Waals surface area contributed by atoms with E-state index in [1.165, 1.54) is 12.4 Å². The second-order valence-corrected chi connectivity index (χ2v) is 7.59. The molecule has 0 spiro atoms. The van der Waals surface area contributed by atoms with Crippen LogP contribution in [0.3, 0.4) is 0 Å². The molecule has 140 valence electrons. The molecule has 0 aliphatic carbocycles. The second-order valence-electron chi connectivity index (χ2n) is 6.27. The van der Waals surface area contributed by atoms with E-state index in [2.05, 4.69) is 31.3 Å². The van der Waals surface area contributed by atoms with Crippen LogP contribution >= 0.6 is 27.5 Å². The van der Waals surface area contributed by atoms with Crippen LogP contribution in [-0.4, -0.2) is 21.4 Å². The number of hydrogen-bond donors (Lipinski definition) is 1. The fourth-order valence-corrected chi connectivity index (χ4v) is 4.00. The molecule has 1 N–H and O–H groups in total. The molecule has 0 fully saturated rings. The Labute approximate surface area is 169 Å². The number of nitrogens with one attached hydrogen (secondary N) is 1. The summed E-state index contributed by atoms with van der Waals surface area (Å²) in [6.45, 7) is 2.46. The van der Waals surface area contributed by atoms with Crippen LogP contribution in [0.5, 0.6) is 5.75 Å². The van der Waals surface area contributed by atoms with Crippen LogP contribution in [0.15, 0.2) is 47.2 Å². The summed E-state index contributed by atoms with van der Waals surface area (Å²) >= 11 is 9.78. The van der Waals surface area contributed by atoms with Crippen molar-refractivity contribution in [3.8, 4) is 5.75 Å². The molecule has 0 bridgehead atoms. The van der Waals surface area contributed by atoms with Crippen LogP contribution in [0.1, 0.15) is 36.6 Å². The van der Waals surface area contributed by atoms with Crippen LogP contribution in [-0.2, 0) is 0 Å². The van der Waals surface area contributed by atoms with Crippen molar-refractivity contribution in [1.29, 1.82) is 0 Å². The number of anilines is 1. The molecule has 0 saturated carbocycles. The van der Waals surface area contributed by atoms with Crippen LogP contribution in [0.25, 0.3) is 0 Å². The highest BCUT2D eigenvalue weighted by molar-refractivity contribution is 9.10. The van der Waals surface area contributed by atoms with Gasteiger partial charge in [0.15, 0.2) is 0 Å². The molecular formula is C19H17BrClFN4O. The topological polar surface area (TPSA) is 52.0 Å². The lowest BCUT2D eigenvalue weighted by Crippen LogP contribution is -2.28. The zero-order valence-corrected chi connectivity index (χ0v) is 16.8. The summed E-state index contributed by atoms with van der Waals surface area (Å²) in [4.78, 5) is 4.28. The average Bonchev–Trinajstić information content (AvgIpc) is 3.13. The van der Waals surface area contributed by atoms with Gasteiger partial charge in [0.05, 0.1) is 23.7 Å². The Morgan fingerprint density at radius 2 is 2.19 bits per heavy atom. The Morgan fingerprint density at radius 1 is 1.33 bits per heavy atom. The summed E-state index contributed by atoms with van der Waals surface area (Å²) in [5.74, 6) is 0.979. The molecule has 4 rings (SSSR count). The minimum absolute atomic E-state index is 0.0849. The van der Waals surface area contributed by atoms with E-state index >= 15 is 0 Å². The quantitative estimate of drug-likeness (QED) is 0.579. The average molecular weight is 452 g/mol. The van der Waals surface area contributed by atoms with Crippen LogP contribution < -0.4 is 10.1 Å². The molecule has 1 aromatic heterocycles. The number of nitrogens with zero attached hydrogens (tertiary/aromatic N) is 3. The van der Waals surface area contributed by atoms with Crippen molar-refractivity contribution in [1.82, 2.24) is 14.8 Å². The molecule has 0 saturated heterocycles. The summed E-state index contributed by atoms with van der Waals surface area (Å²) in [5, 5.41) is 8.20. The number of rotatable bonds is 4. The first-order valence-electron chi connectivity index (χ1n) is 8.60. The van der Waals surface area contributed by atoms with E-state index in [1.807, 2.05) is 25.1 Å². The monoisotopic (exact) mass is 450 g/mol. The van der Waals surface area contributed by atoms with Gasteiger partial charge in [-0.1, -0.05) is 33.6 Å². The molecule has 0 amide bonds. The fraction of sp³-hybridized carbons (Fsp3) is 0.263. The van der Waals surface area contributed by atoms with Gasteiger partial charge in [-0.25, -0.2) is 9.07 Å². The van der Waals surface area contributed by atoms with Crippen LogP contribution in [0, 0.1) is 5.82 Å². The third-order valence-corrected chi connectivity index (χ3v) is 5.39. The van der Waals surface area contributed by atoms with Crippen molar-refractivity contribution in [2.45, 2.75) is 25.4 Å². The van der Waals surface area contributed by atoms with Gasteiger partial charge in [-0.05, 0) is 49.2 Å². The minimum atomic E-state index is -0.281. The standard InChI is InChI=1S/C19H17BrClFN4O/c1-2-27-18-6-3-11(7-14(18)21)16-9-17(26-19(25-16)23-10-24-26)13-8-12(20)4-5-15(13)22/h3-8,10,16-17H,2,9H2,1H3,(H,23,24,25)/t16-,17+/m1/s1. The van der Waals surface area contributed by atoms with Gasteiger partial charge < -0.3 is 10.1 Å². The number of fused-ring (bicyclic) bond motifs is 1. The van der Waals surface area contributed by atoms with E-state index in [1.54, 1.807) is 16.8 Å². The number of aromatic nitrogens is 3. The highest BCUT2D eigenvalue weighted by Gasteiger charge is 2.31. The molecule has 3 aromatic rings. The first-order valence-corrected chi connectivity index (χ1v) is 9.77. The van der Waals surface area contributed by atoms with Gasteiger partial charge in [0, 0.05) is 10.0 Å². The third kappa shape index (κ3) is 3.53. The SMILES string of the molecule is CCOc1ccc([C@H]2C[C@@H](c3cc(Br)ccc3F)n3ncnc3N2)cc1Cl. The molecule has 0 radical (unpaired) electrons. The Hall–Kier alpha value is -2.12. The Balaban J connectivity index is 1.71. The zero-order chi connectivity index (χ0) is 19.0. The molecule has 2 atom stereocenters. The maximum absolute atomic E-state index is 14.5. The lowest BCUT2D eigenvalue weighted by molar-refractivity contribution is 0.340. The van der Waals surface area contributed by atoms with Gasteiger partial charge in [0.2, 0.25) is 5.95 Å². The molecule has 5 nitrogen and oxygen atoms in total. The Morgan fingerprint density at radius 3 is 2.96 bits per heavy atom. The molecule has 27 heavy (non-hydrogen) atoms. The van der Waals surface area contributed by atoms with E-state index in [9.17, 15) is 4.39 Å². The van der Waals surface area contributed by atoms with Crippen molar-refractivity contribution in [3.63, 3.8) is 0 Å². The van der Waals surface area contributed by atoms with Gasteiger partial charge in [-0.3, -0.25) is 0 Å². The van der Waals surface area contributed by atoms with Gasteiger partial charge in [-0.15, -0.1) is 0 Å². The van der Waals surface area contributed by atoms with Crippen LogP contribution in [0.4, 0.5) is 10.3 Å². The summed E-state index contributed by atoms with van der Waals surface area (Å²) in [6, 6.07) is 10.3. The molecule has 0 unspecified atom stereocenters. The molecule has 1 aliphatic heterocycles. The lowest BCUT2D eigenvalue weighted by Gasteiger charge is -2.32. The molecule has 2 heterocycles. The second kappa shape index (κ2) is 7.48. The van der Waals surface area contributed by atoms with Gasteiger partial charge in [-0.2, -0.15) is 10.1 Å². The Kier molecular flexibility index (Phi) is 5.06. The molecule has 2 aromatic carbocycles. The molecular weight excluding hydrogens is 435 g/mol.